The van der Waals surface area contributed by atoms with Gasteiger partial charge in [-0.2, -0.15) is 12.8 Å². The van der Waals surface area contributed by atoms with Crippen LogP contribution in [0.2, 0.25) is 0 Å². The summed E-state index contributed by atoms with van der Waals surface area (Å²) in [6.45, 7) is 19.0. The maximum atomic E-state index is 11.4. The smallest absolute Gasteiger partial charge is 0.493 e. The fourth-order valence-electron chi connectivity index (χ4n) is 8.22. The normalized spacial score (nSPS) is 12.1. The summed E-state index contributed by atoms with van der Waals surface area (Å²) in [5.74, 6) is 0. The molecule has 61 heavy (non-hydrogen) atoms. The molecule has 3 rings (SSSR count). The van der Waals surface area contributed by atoms with Gasteiger partial charge in [-0.05, 0) is 73.9 Å². The summed E-state index contributed by atoms with van der Waals surface area (Å²) >= 11 is 0. The Labute approximate surface area is 391 Å². The molecule has 0 N–H and O–H groups in total. The van der Waals surface area contributed by atoms with Crippen LogP contribution in [0.3, 0.4) is 0 Å². The Morgan fingerprint density at radius 3 is 1.18 bits per heavy atom. The first-order valence-corrected chi connectivity index (χ1v) is 26.2. The van der Waals surface area contributed by atoms with Crippen LogP contribution in [-0.4, -0.2) is 4.70 Å². The van der Waals surface area contributed by atoms with Crippen molar-refractivity contribution in [2.45, 2.75) is 259 Å². The van der Waals surface area contributed by atoms with Crippen molar-refractivity contribution in [1.29, 1.82) is 0 Å². The van der Waals surface area contributed by atoms with E-state index < -0.39 is 0 Å². The van der Waals surface area contributed by atoms with Crippen LogP contribution in [0.15, 0.2) is 60.2 Å². The van der Waals surface area contributed by atoms with Crippen LogP contribution >= 0.6 is 0 Å². The predicted molar refractivity (Wildman–Crippen MR) is 270 cm³/mol. The Morgan fingerprint density at radius 2 is 0.754 bits per heavy atom. The van der Waals surface area contributed by atoms with Gasteiger partial charge in [0.15, 0.2) is 0 Å². The quantitative estimate of drug-likeness (QED) is 0.0285. The fourth-order valence-corrected chi connectivity index (χ4v) is 8.22. The van der Waals surface area contributed by atoms with Crippen LogP contribution in [-0.2, 0) is 29.3 Å². The molecule has 0 saturated carbocycles. The molecule has 3 heteroatoms. The zero-order chi connectivity index (χ0) is 43.7. The number of hydrogen-bond donors (Lipinski definition) is 0. The van der Waals surface area contributed by atoms with Crippen molar-refractivity contribution in [3.8, 4) is 0 Å². The van der Waals surface area contributed by atoms with Crippen LogP contribution in [0.25, 0.3) is 16.9 Å². The first kappa shape index (κ1) is 59.0. The number of aryl methyl sites for hydroxylation is 2. The van der Waals surface area contributed by atoms with Crippen molar-refractivity contribution >= 4 is 11.4 Å². The van der Waals surface area contributed by atoms with Crippen LogP contribution in [0.1, 0.15) is 269 Å². The fraction of sp³-hybridized carbons (Fsp3) is 0.690. The Bertz CT molecular complexity index is 1310. The zero-order valence-electron chi connectivity index (χ0n) is 41.1. The molecule has 1 heterocycles. The average molecular weight is 882 g/mol. The van der Waals surface area contributed by atoms with E-state index in [1.807, 2.05) is 0 Å². The summed E-state index contributed by atoms with van der Waals surface area (Å²) in [7, 11) is 0. The Balaban J connectivity index is 0.00000104. The molecule has 0 amide bonds. The Hall–Kier alpha value is -1.99. The van der Waals surface area contributed by atoms with Crippen molar-refractivity contribution in [3.05, 3.63) is 102 Å². The van der Waals surface area contributed by atoms with E-state index in [0.29, 0.717) is 0 Å². The third-order valence-electron chi connectivity index (χ3n) is 12.1. The number of nitrogens with zero attached hydrogens (tertiary/aromatic N) is 2. The van der Waals surface area contributed by atoms with Gasteiger partial charge in [0, 0.05) is 22.8 Å². The van der Waals surface area contributed by atoms with E-state index in [0.717, 1.165) is 61.0 Å². The summed E-state index contributed by atoms with van der Waals surface area (Å²) in [6.07, 6.45) is 48.8. The molecule has 0 spiro atoms. The molecular weight excluding hydrogens is 783 g/mol. The molecule has 0 atom stereocenters. The predicted octanol–water partition coefficient (Wildman–Crippen LogP) is 20.2. The van der Waals surface area contributed by atoms with Crippen LogP contribution in [0, 0.1) is 13.8 Å². The topological polar surface area (TPSA) is 25.3 Å². The summed E-state index contributed by atoms with van der Waals surface area (Å²) in [5.41, 5.74) is 19.4. The van der Waals surface area contributed by atoms with Crippen LogP contribution < -0.4 is 0 Å². The van der Waals surface area contributed by atoms with E-state index in [9.17, 15) is 5.53 Å². The maximum absolute atomic E-state index is 11.4. The van der Waals surface area contributed by atoms with Crippen LogP contribution in [0.4, 0.5) is 0 Å². The summed E-state index contributed by atoms with van der Waals surface area (Å²) < 4.78 is 1.45. The molecule has 2 aromatic carbocycles. The van der Waals surface area contributed by atoms with Crippen LogP contribution in [0.5, 0.6) is 0 Å². The van der Waals surface area contributed by atoms with E-state index >= 15 is 0 Å². The van der Waals surface area contributed by atoms with E-state index in [2.05, 4.69) is 103 Å². The molecule has 0 unspecified atom stereocenters. The molecule has 0 fully saturated rings. The molecule has 0 radical (unpaired) electrons. The summed E-state index contributed by atoms with van der Waals surface area (Å²) in [5, 5.41) is 0. The van der Waals surface area contributed by atoms with Gasteiger partial charge in [-0.3, -0.25) is 0 Å². The monoisotopic (exact) mass is 881 g/mol. The van der Waals surface area contributed by atoms with Gasteiger partial charge < -0.3 is 19.4 Å². The second-order valence-corrected chi connectivity index (χ2v) is 17.9. The maximum Gasteiger partial charge on any atom is 2.00 e. The minimum absolute atomic E-state index is 0. The van der Waals surface area contributed by atoms with Crippen molar-refractivity contribution in [3.63, 3.8) is 0 Å². The number of benzene rings is 2. The molecule has 0 aromatic heterocycles. The number of allylic oxidation sites excluding steroid dienone is 2. The van der Waals surface area contributed by atoms with Gasteiger partial charge in [0.05, 0.1) is 0 Å². The molecule has 0 saturated heterocycles. The Morgan fingerprint density at radius 1 is 0.410 bits per heavy atom. The Kier molecular flexibility index (Phi) is 41.9. The molecule has 2 aromatic rings. The second kappa shape index (κ2) is 43.3. The second-order valence-electron chi connectivity index (χ2n) is 17.9. The molecule has 0 aliphatic carbocycles. The van der Waals surface area contributed by atoms with Gasteiger partial charge >= 0.3 is 16.5 Å². The van der Waals surface area contributed by atoms with E-state index in [1.165, 1.54) is 208 Å². The average Bonchev–Trinajstić information content (AvgIpc) is 3.60. The molecule has 1 aliphatic heterocycles. The molecule has 2 nitrogen and oxygen atoms in total. The van der Waals surface area contributed by atoms with Gasteiger partial charge in [-0.1, -0.05) is 232 Å². The van der Waals surface area contributed by atoms with Gasteiger partial charge in [0.2, 0.25) is 11.4 Å². The molecule has 350 valence electrons. The van der Waals surface area contributed by atoms with Crippen molar-refractivity contribution in [2.75, 3.05) is 0 Å². The minimum Gasteiger partial charge on any atom is -0.493 e. The molecular formula is C58H98N2Ni. The van der Waals surface area contributed by atoms with Gasteiger partial charge in [-0.15, -0.1) is 0 Å². The van der Waals surface area contributed by atoms with Gasteiger partial charge in [-0.25, -0.2) is 4.70 Å². The van der Waals surface area contributed by atoms with Crippen molar-refractivity contribution < 1.29 is 21.2 Å². The zero-order valence-corrected chi connectivity index (χ0v) is 42.1. The molecule has 0 bridgehead atoms. The van der Waals surface area contributed by atoms with Gasteiger partial charge in [0.1, 0.15) is 0 Å². The summed E-state index contributed by atoms with van der Waals surface area (Å²) in [6, 6.07) is 17.5. The summed E-state index contributed by atoms with van der Waals surface area (Å²) in [4.78, 5) is 0. The number of rotatable bonds is 35. The molecule has 1 aliphatic rings. The third kappa shape index (κ3) is 29.9. The minimum atomic E-state index is 0. The van der Waals surface area contributed by atoms with E-state index in [1.54, 1.807) is 0 Å². The van der Waals surface area contributed by atoms with Crippen molar-refractivity contribution in [2.24, 2.45) is 0 Å². The van der Waals surface area contributed by atoms with Gasteiger partial charge in [0.25, 0.3) is 0 Å². The van der Waals surface area contributed by atoms with Crippen molar-refractivity contribution in [1.82, 2.24) is 0 Å². The largest absolute Gasteiger partial charge is 2.00 e. The third-order valence-corrected chi connectivity index (χ3v) is 12.1. The standard InChI is InChI=1S/C30H40N2.2C14H29.Ni/c1-4-7-10-15-25-16-12-19-26(21-25)29-23-28(18-11-8-5-2)30(32(29)31)27-20-13-17-24(22-27)14-9-6-3;2*1-3-5-7-9-11-13-14-12-10-8-6-4-2;/h12-13,16-17,19-23H,4-11,14-15,18H2,1-3H3;2*1,3-14H2,2H3;/q;2*-1;+2. The number of unbranched alkanes of at least 4 members (excludes halogenated alkanes) is 27. The first-order valence-electron chi connectivity index (χ1n) is 26.2. The SMILES string of the molecule is CCCCCC1=C(c2cccc(CCCC)c2)[N+](=[N-])C(c2cccc(CCCCC)c2)=C1.[CH2-]CCCCCCCCCCCCC.[CH2-]CCCCCCCCCCCCC.[Ni+2]. The van der Waals surface area contributed by atoms with E-state index in [4.69, 9.17) is 0 Å². The first-order chi connectivity index (χ1) is 29.5. The van der Waals surface area contributed by atoms with E-state index in [-0.39, 0.29) is 16.5 Å². The number of hydrogen-bond acceptors (Lipinski definition) is 0.